The van der Waals surface area contributed by atoms with E-state index in [1.165, 1.54) is 30.7 Å². The quantitative estimate of drug-likeness (QED) is 0.480. The molecule has 0 atom stereocenters. The molecule has 0 radical (unpaired) electrons. The first-order chi connectivity index (χ1) is 12.0. The number of methoxy groups -OCH3 is 1. The van der Waals surface area contributed by atoms with Gasteiger partial charge in [0.2, 0.25) is 5.91 Å². The number of carbonyl (C=O) groups excluding carboxylic acids is 1. The fourth-order valence-corrected chi connectivity index (χ4v) is 3.09. The largest absolute Gasteiger partial charge is 0.504 e. The van der Waals surface area contributed by atoms with E-state index in [4.69, 9.17) is 10.5 Å². The van der Waals surface area contributed by atoms with Crippen molar-refractivity contribution in [3.05, 3.63) is 47.5 Å². The fraction of sp³-hybridized carbons (Fsp3) is 0.118. The Labute approximate surface area is 147 Å². The van der Waals surface area contributed by atoms with Gasteiger partial charge < -0.3 is 15.6 Å². The van der Waals surface area contributed by atoms with E-state index >= 15 is 0 Å². The van der Waals surface area contributed by atoms with Gasteiger partial charge >= 0.3 is 0 Å². The number of phenolic OH excluding ortho intramolecular Hbond substituents is 1. The first kappa shape index (κ1) is 16.7. The number of ether oxygens (including phenoxy) is 1. The third-order valence-corrected chi connectivity index (χ3v) is 4.29. The van der Waals surface area contributed by atoms with E-state index in [0.717, 1.165) is 15.8 Å². The molecule has 0 saturated carbocycles. The second kappa shape index (κ2) is 7.18. The second-order valence-electron chi connectivity index (χ2n) is 5.26. The number of fused-ring (bicyclic) bond motifs is 1. The molecule has 25 heavy (non-hydrogen) atoms. The van der Waals surface area contributed by atoms with Crippen LogP contribution in [0.2, 0.25) is 0 Å². The molecule has 7 nitrogen and oxygen atoms in total. The predicted octanol–water partition coefficient (Wildman–Crippen LogP) is 2.29. The molecular weight excluding hydrogens is 340 g/mol. The summed E-state index contributed by atoms with van der Waals surface area (Å²) in [6, 6.07) is 10.4. The van der Waals surface area contributed by atoms with Gasteiger partial charge in [0.05, 0.1) is 30.0 Å². The van der Waals surface area contributed by atoms with Gasteiger partial charge in [-0.15, -0.1) is 0 Å². The molecule has 2 aromatic carbocycles. The van der Waals surface area contributed by atoms with Crippen LogP contribution in [0.25, 0.3) is 10.2 Å². The van der Waals surface area contributed by atoms with E-state index in [-0.39, 0.29) is 18.1 Å². The molecule has 0 unspecified atom stereocenters. The van der Waals surface area contributed by atoms with Crippen LogP contribution in [0.15, 0.2) is 41.5 Å². The number of anilines is 1. The van der Waals surface area contributed by atoms with Crippen LogP contribution < -0.4 is 15.9 Å². The van der Waals surface area contributed by atoms with Crippen molar-refractivity contribution in [1.82, 2.24) is 10.4 Å². The number of hydrazone groups is 1. The van der Waals surface area contributed by atoms with Gasteiger partial charge in [0.25, 0.3) is 0 Å². The van der Waals surface area contributed by atoms with Gasteiger partial charge in [-0.05, 0) is 41.5 Å². The molecule has 128 valence electrons. The van der Waals surface area contributed by atoms with Crippen molar-refractivity contribution in [2.24, 2.45) is 5.10 Å². The van der Waals surface area contributed by atoms with Gasteiger partial charge in [0.1, 0.15) is 0 Å². The van der Waals surface area contributed by atoms with Crippen LogP contribution in [0, 0.1) is 0 Å². The van der Waals surface area contributed by atoms with Crippen LogP contribution in [0.4, 0.5) is 5.13 Å². The molecule has 1 heterocycles. The third kappa shape index (κ3) is 4.04. The van der Waals surface area contributed by atoms with Gasteiger partial charge in [-0.3, -0.25) is 4.79 Å². The zero-order valence-electron chi connectivity index (χ0n) is 13.4. The van der Waals surface area contributed by atoms with E-state index < -0.39 is 0 Å². The lowest BCUT2D eigenvalue weighted by molar-refractivity contribution is -0.120. The molecule has 0 aliphatic heterocycles. The highest BCUT2D eigenvalue weighted by Gasteiger charge is 2.06. The van der Waals surface area contributed by atoms with Crippen molar-refractivity contribution < 1.29 is 14.6 Å². The number of nitrogen functional groups attached to an aromatic ring is 1. The zero-order chi connectivity index (χ0) is 17.8. The summed E-state index contributed by atoms with van der Waals surface area (Å²) in [7, 11) is 1.47. The molecule has 3 aromatic rings. The molecule has 8 heteroatoms. The smallest absolute Gasteiger partial charge is 0.244 e. The Hall–Kier alpha value is -3.13. The summed E-state index contributed by atoms with van der Waals surface area (Å²) in [4.78, 5) is 16.2. The Kier molecular flexibility index (Phi) is 4.80. The van der Waals surface area contributed by atoms with Crippen LogP contribution in [-0.4, -0.2) is 29.3 Å². The van der Waals surface area contributed by atoms with Crippen molar-refractivity contribution in [3.8, 4) is 11.5 Å². The molecule has 0 aliphatic rings. The first-order valence-corrected chi connectivity index (χ1v) is 8.20. The minimum Gasteiger partial charge on any atom is -0.504 e. The number of nitrogens with zero attached hydrogens (tertiary/aromatic N) is 2. The fourth-order valence-electron chi connectivity index (χ4n) is 2.29. The van der Waals surface area contributed by atoms with Crippen LogP contribution in [0.5, 0.6) is 11.5 Å². The zero-order valence-corrected chi connectivity index (χ0v) is 14.2. The Balaban J connectivity index is 1.60. The molecule has 1 aromatic heterocycles. The lowest BCUT2D eigenvalue weighted by Gasteiger charge is -2.03. The topological polar surface area (TPSA) is 110 Å². The number of benzene rings is 2. The number of hydrogen-bond donors (Lipinski definition) is 3. The first-order valence-electron chi connectivity index (χ1n) is 7.39. The molecule has 0 saturated heterocycles. The van der Waals surface area contributed by atoms with Gasteiger partial charge in [-0.2, -0.15) is 5.10 Å². The van der Waals surface area contributed by atoms with Crippen molar-refractivity contribution in [2.75, 3.05) is 12.8 Å². The van der Waals surface area contributed by atoms with E-state index in [2.05, 4.69) is 15.5 Å². The van der Waals surface area contributed by atoms with E-state index in [1.54, 1.807) is 12.1 Å². The summed E-state index contributed by atoms with van der Waals surface area (Å²) in [5, 5.41) is 14.1. The molecular formula is C17H16N4O3S. The summed E-state index contributed by atoms with van der Waals surface area (Å²) >= 11 is 1.38. The maximum absolute atomic E-state index is 12.0. The molecule has 1 amide bonds. The summed E-state index contributed by atoms with van der Waals surface area (Å²) in [5.74, 6) is 0.140. The molecule has 0 spiro atoms. The van der Waals surface area contributed by atoms with Crippen molar-refractivity contribution in [1.29, 1.82) is 0 Å². The highest BCUT2D eigenvalue weighted by molar-refractivity contribution is 7.22. The summed E-state index contributed by atoms with van der Waals surface area (Å²) < 4.78 is 5.91. The predicted molar refractivity (Wildman–Crippen MR) is 98.1 cm³/mol. The second-order valence-corrected chi connectivity index (χ2v) is 6.32. The van der Waals surface area contributed by atoms with Crippen molar-refractivity contribution in [2.45, 2.75) is 6.42 Å². The minimum atomic E-state index is -0.245. The molecule has 4 N–H and O–H groups in total. The number of phenols is 1. The number of hydrogen-bond acceptors (Lipinski definition) is 7. The normalized spacial score (nSPS) is 11.1. The summed E-state index contributed by atoms with van der Waals surface area (Å²) in [5.41, 5.74) is 10.5. The highest BCUT2D eigenvalue weighted by Crippen LogP contribution is 2.26. The van der Waals surface area contributed by atoms with Crippen molar-refractivity contribution in [3.63, 3.8) is 0 Å². The average Bonchev–Trinajstić information content (AvgIpc) is 2.94. The van der Waals surface area contributed by atoms with Gasteiger partial charge in [-0.1, -0.05) is 17.4 Å². The molecule has 3 rings (SSSR count). The van der Waals surface area contributed by atoms with Crippen LogP contribution in [-0.2, 0) is 11.2 Å². The third-order valence-electron chi connectivity index (χ3n) is 3.44. The Morgan fingerprint density at radius 2 is 2.24 bits per heavy atom. The maximum atomic E-state index is 12.0. The van der Waals surface area contributed by atoms with Gasteiger partial charge in [0.15, 0.2) is 16.6 Å². The van der Waals surface area contributed by atoms with Gasteiger partial charge in [0, 0.05) is 0 Å². The number of rotatable bonds is 5. The number of nitrogens with one attached hydrogen (secondary N) is 1. The van der Waals surface area contributed by atoms with E-state index in [0.29, 0.717) is 16.4 Å². The lowest BCUT2D eigenvalue weighted by Crippen LogP contribution is -2.19. The lowest BCUT2D eigenvalue weighted by atomic mass is 10.1. The maximum Gasteiger partial charge on any atom is 0.244 e. The number of nitrogens with two attached hydrogens (primary N) is 1. The van der Waals surface area contributed by atoms with Crippen LogP contribution >= 0.6 is 11.3 Å². The Morgan fingerprint density at radius 3 is 3.00 bits per heavy atom. The number of aromatic nitrogens is 1. The van der Waals surface area contributed by atoms with E-state index in [9.17, 15) is 9.90 Å². The number of carbonyl (C=O) groups is 1. The number of thiazole rings is 1. The van der Waals surface area contributed by atoms with Crippen LogP contribution in [0.1, 0.15) is 11.1 Å². The average molecular weight is 356 g/mol. The van der Waals surface area contributed by atoms with Crippen molar-refractivity contribution >= 4 is 38.8 Å². The minimum absolute atomic E-state index is 0.00918. The summed E-state index contributed by atoms with van der Waals surface area (Å²) in [6.45, 7) is 0. The number of aromatic hydroxyl groups is 1. The molecule has 0 aliphatic carbocycles. The Morgan fingerprint density at radius 1 is 1.40 bits per heavy atom. The van der Waals surface area contributed by atoms with Crippen LogP contribution in [0.3, 0.4) is 0 Å². The highest BCUT2D eigenvalue weighted by atomic mass is 32.1. The number of amides is 1. The summed E-state index contributed by atoms with van der Waals surface area (Å²) in [6.07, 6.45) is 1.64. The molecule has 0 fully saturated rings. The molecule has 0 bridgehead atoms. The van der Waals surface area contributed by atoms with Gasteiger partial charge in [-0.25, -0.2) is 10.4 Å². The monoisotopic (exact) mass is 356 g/mol. The van der Waals surface area contributed by atoms with E-state index in [1.807, 2.05) is 18.2 Å². The Bertz CT molecular complexity index is 952. The SMILES string of the molecule is COc1ccc(/C=N\NC(=O)Cc2ccc3nc(N)sc3c2)cc1O. The standard InChI is InChI=1S/C17H16N4O3S/c1-24-14-5-3-11(6-13(14)22)9-19-21-16(23)8-10-2-4-12-15(7-10)25-17(18)20-12/h2-7,9,22H,8H2,1H3,(H2,18,20)(H,21,23)/b19-9-.